The first-order valence-electron chi connectivity index (χ1n) is 13.6. The number of rotatable bonds is 10. The van der Waals surface area contributed by atoms with Gasteiger partial charge in [-0.25, -0.2) is 14.8 Å². The van der Waals surface area contributed by atoms with Crippen LogP contribution in [-0.4, -0.2) is 48.0 Å². The molecule has 0 radical (unpaired) electrons. The van der Waals surface area contributed by atoms with Crippen LogP contribution in [-0.2, 0) is 20.9 Å². The minimum Gasteiger partial charge on any atom is -0.487 e. The number of aryl methyl sites for hydroxylation is 2. The summed E-state index contributed by atoms with van der Waals surface area (Å²) in [5, 5.41) is 3.63. The molecule has 0 atom stereocenters. The van der Waals surface area contributed by atoms with E-state index in [0.29, 0.717) is 17.9 Å². The van der Waals surface area contributed by atoms with E-state index >= 15 is 0 Å². The van der Waals surface area contributed by atoms with E-state index in [1.165, 1.54) is 23.2 Å². The van der Waals surface area contributed by atoms with E-state index < -0.39 is 11.9 Å². The number of nitrogens with one attached hydrogen (secondary N) is 1. The number of pyridine rings is 2. The third-order valence-corrected chi connectivity index (χ3v) is 6.85. The predicted octanol–water partition coefficient (Wildman–Crippen LogP) is 5.10. The Morgan fingerprint density at radius 2 is 1.81 bits per heavy atom. The van der Waals surface area contributed by atoms with Crippen LogP contribution in [0, 0.1) is 20.8 Å². The maximum Gasteiger partial charge on any atom is 0.356 e. The van der Waals surface area contributed by atoms with Gasteiger partial charge in [0.2, 0.25) is 11.8 Å². The zero-order valence-electron chi connectivity index (χ0n) is 24.4. The number of anilines is 1. The average Bonchev–Trinajstić information content (AvgIpc) is 2.99. The third-order valence-electron chi connectivity index (χ3n) is 6.85. The van der Waals surface area contributed by atoms with E-state index in [1.807, 2.05) is 63.2 Å². The SMILES string of the molecule is CCOC(=O)c1ccc(/C=C/C(=O)NCC(=O)N(C)c2ccc(C)c(COc3cccc4ccc(C)nc34)c2C)cn1. The van der Waals surface area contributed by atoms with Crippen LogP contribution in [0.15, 0.2) is 66.9 Å². The van der Waals surface area contributed by atoms with Crippen LogP contribution in [0.2, 0.25) is 0 Å². The molecular formula is C33H34N4O5. The summed E-state index contributed by atoms with van der Waals surface area (Å²) in [5.74, 6) is -0.509. The lowest BCUT2D eigenvalue weighted by atomic mass is 10.0. The van der Waals surface area contributed by atoms with Crippen molar-refractivity contribution in [1.29, 1.82) is 0 Å². The molecule has 0 spiro atoms. The van der Waals surface area contributed by atoms with Crippen molar-refractivity contribution in [2.24, 2.45) is 0 Å². The number of amides is 2. The quantitative estimate of drug-likeness (QED) is 0.210. The van der Waals surface area contributed by atoms with Crippen molar-refractivity contribution in [3.63, 3.8) is 0 Å². The first kappa shape index (κ1) is 29.9. The second-order valence-electron chi connectivity index (χ2n) is 9.78. The summed E-state index contributed by atoms with van der Waals surface area (Å²) >= 11 is 0. The highest BCUT2D eigenvalue weighted by molar-refractivity contribution is 5.99. The Bertz CT molecular complexity index is 1650. The number of fused-ring (bicyclic) bond motifs is 1. The van der Waals surface area contributed by atoms with E-state index in [2.05, 4.69) is 15.3 Å². The van der Waals surface area contributed by atoms with E-state index in [9.17, 15) is 14.4 Å². The Hall–Kier alpha value is -5.05. The lowest BCUT2D eigenvalue weighted by Gasteiger charge is -2.23. The molecule has 1 N–H and O–H groups in total. The van der Waals surface area contributed by atoms with Crippen LogP contribution in [0.1, 0.15) is 45.4 Å². The number of para-hydroxylation sites is 1. The van der Waals surface area contributed by atoms with Crippen LogP contribution >= 0.6 is 0 Å². The first-order valence-corrected chi connectivity index (χ1v) is 13.6. The highest BCUT2D eigenvalue weighted by Gasteiger charge is 2.17. The van der Waals surface area contributed by atoms with Crippen molar-refractivity contribution in [2.75, 3.05) is 25.1 Å². The van der Waals surface area contributed by atoms with Gasteiger partial charge in [0, 0.05) is 36.1 Å². The molecule has 9 nitrogen and oxygen atoms in total. The largest absolute Gasteiger partial charge is 0.487 e. The molecule has 0 aliphatic heterocycles. The number of likely N-dealkylation sites (N-methyl/N-ethyl adjacent to an activating group) is 1. The van der Waals surface area contributed by atoms with E-state index in [1.54, 1.807) is 26.1 Å². The highest BCUT2D eigenvalue weighted by Crippen LogP contribution is 2.29. The molecule has 0 fully saturated rings. The second kappa shape index (κ2) is 13.5. The van der Waals surface area contributed by atoms with Gasteiger partial charge in [-0.3, -0.25) is 9.59 Å². The highest BCUT2D eigenvalue weighted by atomic mass is 16.5. The molecule has 4 aromatic rings. The van der Waals surface area contributed by atoms with Crippen LogP contribution in [0.25, 0.3) is 17.0 Å². The summed E-state index contributed by atoms with van der Waals surface area (Å²) in [7, 11) is 1.68. The number of benzene rings is 2. The van der Waals surface area contributed by atoms with Gasteiger partial charge in [-0.15, -0.1) is 0 Å². The van der Waals surface area contributed by atoms with E-state index in [0.717, 1.165) is 39.0 Å². The summed E-state index contributed by atoms with van der Waals surface area (Å²) in [6, 6.07) is 16.9. The number of carbonyl (C=O) groups excluding carboxylic acids is 3. The van der Waals surface area contributed by atoms with Gasteiger partial charge in [0.25, 0.3) is 0 Å². The summed E-state index contributed by atoms with van der Waals surface area (Å²) in [6.07, 6.45) is 4.33. The van der Waals surface area contributed by atoms with Gasteiger partial charge < -0.3 is 19.7 Å². The fourth-order valence-corrected chi connectivity index (χ4v) is 4.43. The molecule has 0 aliphatic carbocycles. The fourth-order valence-electron chi connectivity index (χ4n) is 4.43. The van der Waals surface area contributed by atoms with Crippen molar-refractivity contribution in [2.45, 2.75) is 34.3 Å². The van der Waals surface area contributed by atoms with E-state index in [-0.39, 0.29) is 24.8 Å². The molecule has 42 heavy (non-hydrogen) atoms. The number of hydrogen-bond acceptors (Lipinski definition) is 7. The molecular weight excluding hydrogens is 532 g/mol. The van der Waals surface area contributed by atoms with Gasteiger partial charge in [-0.05, 0) is 80.3 Å². The maximum atomic E-state index is 13.0. The number of carbonyl (C=O) groups is 3. The molecule has 0 unspecified atom stereocenters. The molecule has 0 aliphatic rings. The van der Waals surface area contributed by atoms with E-state index in [4.69, 9.17) is 9.47 Å². The van der Waals surface area contributed by atoms with Gasteiger partial charge in [0.15, 0.2) is 0 Å². The fraction of sp³-hybridized carbons (Fsp3) is 0.242. The summed E-state index contributed by atoms with van der Waals surface area (Å²) in [6.45, 7) is 8.04. The van der Waals surface area contributed by atoms with Gasteiger partial charge in [-0.1, -0.05) is 30.3 Å². The molecule has 2 heterocycles. The van der Waals surface area contributed by atoms with Gasteiger partial charge in [-0.2, -0.15) is 0 Å². The van der Waals surface area contributed by atoms with Crippen LogP contribution in [0.3, 0.4) is 0 Å². The summed E-state index contributed by atoms with van der Waals surface area (Å²) in [4.78, 5) is 47.3. The Morgan fingerprint density at radius 3 is 2.55 bits per heavy atom. The minimum absolute atomic E-state index is 0.181. The van der Waals surface area contributed by atoms with Gasteiger partial charge in [0.05, 0.1) is 13.2 Å². The van der Waals surface area contributed by atoms with Crippen LogP contribution in [0.4, 0.5) is 5.69 Å². The molecule has 2 aromatic carbocycles. The van der Waals surface area contributed by atoms with Crippen molar-refractivity contribution < 1.29 is 23.9 Å². The van der Waals surface area contributed by atoms with Crippen molar-refractivity contribution in [3.8, 4) is 5.75 Å². The lowest BCUT2D eigenvalue weighted by Crippen LogP contribution is -2.38. The third kappa shape index (κ3) is 7.17. The maximum absolute atomic E-state index is 13.0. The molecule has 4 rings (SSSR count). The monoisotopic (exact) mass is 566 g/mol. The van der Waals surface area contributed by atoms with Crippen molar-refractivity contribution >= 4 is 40.4 Å². The standard InChI is InChI=1S/C33H34N4O5/c1-6-41-33(40)27-15-12-24(18-34-27)13-17-30(38)35-19-31(39)37(5)28-16-10-21(2)26(23(28)4)20-42-29-9-7-8-25-14-11-22(3)36-32(25)29/h7-18H,6,19-20H2,1-5H3,(H,35,38)/b17-13+. The number of ether oxygens (including phenoxy) is 2. The zero-order valence-corrected chi connectivity index (χ0v) is 24.4. The molecule has 0 saturated carbocycles. The van der Waals surface area contributed by atoms with Crippen molar-refractivity contribution in [3.05, 3.63) is 101 Å². The number of aromatic nitrogens is 2. The Labute approximate surface area is 245 Å². The number of esters is 1. The van der Waals surface area contributed by atoms with Crippen LogP contribution in [0.5, 0.6) is 5.75 Å². The smallest absolute Gasteiger partial charge is 0.356 e. The Kier molecular flexibility index (Phi) is 9.65. The summed E-state index contributed by atoms with van der Waals surface area (Å²) in [5.41, 5.74) is 6.21. The molecule has 0 bridgehead atoms. The topological polar surface area (TPSA) is 111 Å². The first-order chi connectivity index (χ1) is 20.2. The normalized spacial score (nSPS) is 11.0. The van der Waals surface area contributed by atoms with Crippen molar-refractivity contribution in [1.82, 2.24) is 15.3 Å². The summed E-state index contributed by atoms with van der Waals surface area (Å²) < 4.78 is 11.1. The Balaban J connectivity index is 1.37. The average molecular weight is 567 g/mol. The molecule has 2 amide bonds. The number of nitrogens with zero attached hydrogens (tertiary/aromatic N) is 3. The zero-order chi connectivity index (χ0) is 30.2. The second-order valence-corrected chi connectivity index (χ2v) is 9.78. The van der Waals surface area contributed by atoms with Gasteiger partial charge >= 0.3 is 5.97 Å². The molecule has 9 heteroatoms. The van der Waals surface area contributed by atoms with Gasteiger partial charge in [0.1, 0.15) is 23.6 Å². The minimum atomic E-state index is -0.506. The molecule has 0 saturated heterocycles. The molecule has 2 aromatic heterocycles. The lowest BCUT2D eigenvalue weighted by molar-refractivity contribution is -0.122. The Morgan fingerprint density at radius 1 is 1.00 bits per heavy atom. The predicted molar refractivity (Wildman–Crippen MR) is 162 cm³/mol. The van der Waals surface area contributed by atoms with Crippen LogP contribution < -0.4 is 15.0 Å². The molecule has 216 valence electrons. The number of hydrogen-bond donors (Lipinski definition) is 1.